The first kappa shape index (κ1) is 18.3. The SMILES string of the molecule is O=C(CSc1nnc(C2CCNCC2)o1)c1ccc(Cl)cc1.[Cl-]. The summed E-state index contributed by atoms with van der Waals surface area (Å²) in [5.41, 5.74) is 0.634. The smallest absolute Gasteiger partial charge is 0.277 e. The Morgan fingerprint density at radius 3 is 2.65 bits per heavy atom. The molecule has 3 rings (SSSR count). The molecule has 0 radical (unpaired) electrons. The number of Topliss-reactive ketones (excluding diaryl/α,β-unsaturated/α-hetero) is 1. The lowest BCUT2D eigenvalue weighted by Gasteiger charge is -2.18. The molecule has 0 saturated carbocycles. The number of halogens is 2. The lowest BCUT2D eigenvalue weighted by Crippen LogP contribution is -3.00. The minimum absolute atomic E-state index is 0. The van der Waals surface area contributed by atoms with Gasteiger partial charge in [-0.2, -0.15) is 0 Å². The second kappa shape index (κ2) is 8.68. The van der Waals surface area contributed by atoms with Gasteiger partial charge >= 0.3 is 0 Å². The maximum atomic E-state index is 12.1. The quantitative estimate of drug-likeness (QED) is 0.595. The third-order valence-electron chi connectivity index (χ3n) is 3.60. The van der Waals surface area contributed by atoms with E-state index in [-0.39, 0.29) is 23.9 Å². The Morgan fingerprint density at radius 1 is 1.26 bits per heavy atom. The van der Waals surface area contributed by atoms with Crippen molar-refractivity contribution in [2.45, 2.75) is 24.0 Å². The zero-order valence-electron chi connectivity index (χ0n) is 12.3. The summed E-state index contributed by atoms with van der Waals surface area (Å²) >= 11 is 7.09. The van der Waals surface area contributed by atoms with Crippen molar-refractivity contribution in [1.29, 1.82) is 0 Å². The standard InChI is InChI=1S/C15H16ClN3O2S.ClH/c16-12-3-1-10(2-4-12)13(20)9-22-15-19-18-14(21-15)11-5-7-17-8-6-11;/h1-4,11,17H,5-9H2;1H/p-1. The van der Waals surface area contributed by atoms with Gasteiger partial charge in [0.1, 0.15) is 0 Å². The zero-order chi connectivity index (χ0) is 15.4. The second-order valence-corrected chi connectivity index (χ2v) is 6.51. The number of hydrogen-bond acceptors (Lipinski definition) is 6. The fraction of sp³-hybridized carbons (Fsp3) is 0.400. The highest BCUT2D eigenvalue weighted by Crippen LogP contribution is 2.27. The van der Waals surface area contributed by atoms with Crippen LogP contribution in [0.5, 0.6) is 0 Å². The number of carbonyl (C=O) groups excluding carboxylic acids is 1. The van der Waals surface area contributed by atoms with Crippen LogP contribution in [0.2, 0.25) is 5.02 Å². The van der Waals surface area contributed by atoms with Gasteiger partial charge in [-0.15, -0.1) is 10.2 Å². The van der Waals surface area contributed by atoms with Crippen LogP contribution >= 0.6 is 23.4 Å². The van der Waals surface area contributed by atoms with Crippen molar-refractivity contribution in [3.8, 4) is 0 Å². The van der Waals surface area contributed by atoms with Gasteiger partial charge in [-0.1, -0.05) is 23.4 Å². The minimum Gasteiger partial charge on any atom is -1.00 e. The fourth-order valence-electron chi connectivity index (χ4n) is 2.36. The average Bonchev–Trinajstić information content (AvgIpc) is 3.03. The summed E-state index contributed by atoms with van der Waals surface area (Å²) < 4.78 is 5.67. The van der Waals surface area contributed by atoms with E-state index in [0.717, 1.165) is 25.9 Å². The summed E-state index contributed by atoms with van der Waals surface area (Å²) in [4.78, 5) is 12.1. The molecule has 2 aromatic rings. The Kier molecular flexibility index (Phi) is 6.89. The zero-order valence-corrected chi connectivity index (χ0v) is 14.6. The van der Waals surface area contributed by atoms with E-state index in [2.05, 4.69) is 15.5 Å². The van der Waals surface area contributed by atoms with Crippen LogP contribution in [0.3, 0.4) is 0 Å². The summed E-state index contributed by atoms with van der Waals surface area (Å²) in [5, 5.41) is 12.5. The second-order valence-electron chi connectivity index (χ2n) is 5.15. The highest BCUT2D eigenvalue weighted by Gasteiger charge is 2.21. The van der Waals surface area contributed by atoms with Gasteiger partial charge in [0.25, 0.3) is 5.22 Å². The molecule has 1 aromatic heterocycles. The maximum Gasteiger partial charge on any atom is 0.277 e. The minimum atomic E-state index is 0. The molecule has 5 nitrogen and oxygen atoms in total. The normalized spacial score (nSPS) is 15.2. The van der Waals surface area contributed by atoms with Crippen molar-refractivity contribution in [3.63, 3.8) is 0 Å². The van der Waals surface area contributed by atoms with Crippen LogP contribution in [0.1, 0.15) is 35.0 Å². The maximum absolute atomic E-state index is 12.1. The largest absolute Gasteiger partial charge is 1.00 e. The van der Waals surface area contributed by atoms with E-state index in [1.807, 2.05) is 0 Å². The van der Waals surface area contributed by atoms with Crippen molar-refractivity contribution < 1.29 is 21.6 Å². The Bertz CT molecular complexity index is 642. The van der Waals surface area contributed by atoms with E-state index in [9.17, 15) is 4.79 Å². The highest BCUT2D eigenvalue weighted by atomic mass is 35.5. The molecule has 1 N–H and O–H groups in total. The molecule has 1 fully saturated rings. The van der Waals surface area contributed by atoms with Gasteiger partial charge in [0.05, 0.1) is 5.75 Å². The van der Waals surface area contributed by atoms with Crippen molar-refractivity contribution in [3.05, 3.63) is 40.7 Å². The topological polar surface area (TPSA) is 68.0 Å². The Balaban J connectivity index is 0.00000192. The van der Waals surface area contributed by atoms with Gasteiger partial charge in [-0.25, -0.2) is 0 Å². The molecule has 1 aromatic carbocycles. The molecule has 0 unspecified atom stereocenters. The van der Waals surface area contributed by atoms with Gasteiger partial charge in [0.2, 0.25) is 5.89 Å². The monoisotopic (exact) mass is 372 g/mol. The van der Waals surface area contributed by atoms with Gasteiger partial charge in [0, 0.05) is 16.5 Å². The molecule has 8 heteroatoms. The molecule has 2 heterocycles. The van der Waals surface area contributed by atoms with Gasteiger partial charge in [-0.3, -0.25) is 4.79 Å². The van der Waals surface area contributed by atoms with E-state index in [1.165, 1.54) is 11.8 Å². The lowest BCUT2D eigenvalue weighted by atomic mass is 9.98. The Morgan fingerprint density at radius 2 is 1.96 bits per heavy atom. The number of nitrogens with one attached hydrogen (secondary N) is 1. The predicted octanol–water partition coefficient (Wildman–Crippen LogP) is 0.169. The van der Waals surface area contributed by atoms with E-state index in [1.54, 1.807) is 24.3 Å². The molecular weight excluding hydrogens is 357 g/mol. The van der Waals surface area contributed by atoms with Gasteiger partial charge < -0.3 is 22.1 Å². The van der Waals surface area contributed by atoms with Crippen LogP contribution in [0.25, 0.3) is 0 Å². The molecule has 0 spiro atoms. The number of hydrogen-bond donors (Lipinski definition) is 1. The van der Waals surface area contributed by atoms with Crippen LogP contribution in [0.4, 0.5) is 0 Å². The van der Waals surface area contributed by atoms with Gasteiger partial charge in [-0.05, 0) is 50.2 Å². The summed E-state index contributed by atoms with van der Waals surface area (Å²) in [6.07, 6.45) is 2.02. The number of piperidine rings is 1. The number of nitrogens with zero attached hydrogens (tertiary/aromatic N) is 2. The van der Waals surface area contributed by atoms with Crippen LogP contribution in [0, 0.1) is 0 Å². The third kappa shape index (κ3) is 4.94. The van der Waals surface area contributed by atoms with Crippen LogP contribution < -0.4 is 17.7 Å². The lowest BCUT2D eigenvalue weighted by molar-refractivity contribution is -0.0000127. The van der Waals surface area contributed by atoms with Crippen molar-refractivity contribution in [2.24, 2.45) is 0 Å². The number of carbonyl (C=O) groups is 1. The molecule has 23 heavy (non-hydrogen) atoms. The molecule has 124 valence electrons. The Hall–Kier alpha value is -1.08. The van der Waals surface area contributed by atoms with Crippen molar-refractivity contribution in [1.82, 2.24) is 15.5 Å². The first-order valence-corrected chi connectivity index (χ1v) is 8.54. The molecule has 1 saturated heterocycles. The number of rotatable bonds is 5. The number of benzene rings is 1. The summed E-state index contributed by atoms with van der Waals surface area (Å²) in [7, 11) is 0. The number of aromatic nitrogens is 2. The molecule has 0 atom stereocenters. The first-order chi connectivity index (χ1) is 10.7. The van der Waals surface area contributed by atoms with Crippen LogP contribution in [-0.2, 0) is 0 Å². The summed E-state index contributed by atoms with van der Waals surface area (Å²) in [6.45, 7) is 1.95. The van der Waals surface area contributed by atoms with Crippen LogP contribution in [0.15, 0.2) is 33.9 Å². The predicted molar refractivity (Wildman–Crippen MR) is 85.6 cm³/mol. The molecule has 0 aliphatic carbocycles. The van der Waals surface area contributed by atoms with Gasteiger partial charge in [0.15, 0.2) is 5.78 Å². The van der Waals surface area contributed by atoms with E-state index < -0.39 is 0 Å². The molecule has 0 amide bonds. The summed E-state index contributed by atoms with van der Waals surface area (Å²) in [6, 6.07) is 6.86. The first-order valence-electron chi connectivity index (χ1n) is 7.18. The van der Waals surface area contributed by atoms with Crippen LogP contribution in [-0.4, -0.2) is 34.8 Å². The third-order valence-corrected chi connectivity index (χ3v) is 4.67. The van der Waals surface area contributed by atoms with E-state index >= 15 is 0 Å². The highest BCUT2D eigenvalue weighted by molar-refractivity contribution is 7.99. The molecule has 1 aliphatic heterocycles. The average molecular weight is 373 g/mol. The molecule has 1 aliphatic rings. The fourth-order valence-corrected chi connectivity index (χ4v) is 3.15. The number of thioether (sulfide) groups is 1. The number of ketones is 1. The molecular formula is C15H16Cl2N3O2S-. The summed E-state index contributed by atoms with van der Waals surface area (Å²) in [5.74, 6) is 1.30. The Labute approximate surface area is 150 Å². The molecule has 0 bridgehead atoms. The van der Waals surface area contributed by atoms with Crippen molar-refractivity contribution >= 4 is 29.1 Å². The van der Waals surface area contributed by atoms with Crippen molar-refractivity contribution in [2.75, 3.05) is 18.8 Å². The van der Waals surface area contributed by atoms with E-state index in [0.29, 0.717) is 27.6 Å². The van der Waals surface area contributed by atoms with E-state index in [4.69, 9.17) is 16.0 Å².